The number of amides is 1. The fraction of sp³-hybridized carbons (Fsp3) is 0.533. The van der Waals surface area contributed by atoms with Gasteiger partial charge in [-0.25, -0.2) is 4.39 Å². The molecule has 0 bridgehead atoms. The van der Waals surface area contributed by atoms with Gasteiger partial charge in [-0.1, -0.05) is 13.8 Å². The molecule has 1 aromatic rings. The van der Waals surface area contributed by atoms with Crippen molar-refractivity contribution in [3.05, 3.63) is 35.1 Å². The van der Waals surface area contributed by atoms with Crippen molar-refractivity contribution >= 4 is 5.91 Å². The average molecular weight is 267 g/mol. The number of aryl methyl sites for hydroxylation is 1. The standard InChI is InChI=1S/C15H22FNO2/c1-11-9-12(5-6-13(11)16)14(19)17-10-15(2,3)7-4-8-18/h5-6,9,18H,4,7-8,10H2,1-3H3,(H,17,19). The topological polar surface area (TPSA) is 49.3 Å². The van der Waals surface area contributed by atoms with E-state index in [-0.39, 0.29) is 23.7 Å². The molecule has 3 nitrogen and oxygen atoms in total. The van der Waals surface area contributed by atoms with Gasteiger partial charge in [-0.2, -0.15) is 0 Å². The van der Waals surface area contributed by atoms with E-state index in [9.17, 15) is 9.18 Å². The van der Waals surface area contributed by atoms with Gasteiger partial charge in [0.05, 0.1) is 0 Å². The monoisotopic (exact) mass is 267 g/mol. The van der Waals surface area contributed by atoms with E-state index < -0.39 is 0 Å². The summed E-state index contributed by atoms with van der Waals surface area (Å²) in [6, 6.07) is 4.34. The van der Waals surface area contributed by atoms with Crippen LogP contribution >= 0.6 is 0 Å². The van der Waals surface area contributed by atoms with E-state index in [0.29, 0.717) is 17.7 Å². The molecule has 4 heteroatoms. The second-order valence-corrected chi connectivity index (χ2v) is 5.64. The van der Waals surface area contributed by atoms with Gasteiger partial charge >= 0.3 is 0 Å². The number of aliphatic hydroxyl groups is 1. The Hall–Kier alpha value is -1.42. The minimum absolute atomic E-state index is 0.0620. The molecule has 0 aliphatic heterocycles. The molecule has 106 valence electrons. The van der Waals surface area contributed by atoms with Gasteiger partial charge in [-0.3, -0.25) is 4.79 Å². The first kappa shape index (κ1) is 15.6. The van der Waals surface area contributed by atoms with Gasteiger partial charge in [-0.15, -0.1) is 0 Å². The predicted molar refractivity (Wildman–Crippen MR) is 73.6 cm³/mol. The Morgan fingerprint density at radius 1 is 1.42 bits per heavy atom. The van der Waals surface area contributed by atoms with Gasteiger partial charge < -0.3 is 10.4 Å². The Kier molecular flexibility index (Phi) is 5.48. The fourth-order valence-corrected chi connectivity index (χ4v) is 1.85. The molecular weight excluding hydrogens is 245 g/mol. The smallest absolute Gasteiger partial charge is 0.251 e. The molecule has 0 saturated carbocycles. The first-order valence-electron chi connectivity index (χ1n) is 6.51. The molecule has 0 atom stereocenters. The van der Waals surface area contributed by atoms with E-state index >= 15 is 0 Å². The molecule has 0 radical (unpaired) electrons. The number of aliphatic hydroxyl groups excluding tert-OH is 1. The van der Waals surface area contributed by atoms with Crippen LogP contribution in [-0.4, -0.2) is 24.2 Å². The third-order valence-electron chi connectivity index (χ3n) is 3.16. The number of halogens is 1. The highest BCUT2D eigenvalue weighted by molar-refractivity contribution is 5.94. The van der Waals surface area contributed by atoms with Gasteiger partial charge in [0.25, 0.3) is 5.91 Å². The molecule has 0 fully saturated rings. The summed E-state index contributed by atoms with van der Waals surface area (Å²) in [5.41, 5.74) is 0.872. The molecular formula is C15H22FNO2. The quantitative estimate of drug-likeness (QED) is 0.832. The molecule has 0 saturated heterocycles. The Labute approximate surface area is 113 Å². The Morgan fingerprint density at radius 2 is 2.11 bits per heavy atom. The Balaban J connectivity index is 2.57. The third-order valence-corrected chi connectivity index (χ3v) is 3.16. The number of hydrogen-bond acceptors (Lipinski definition) is 2. The van der Waals surface area contributed by atoms with E-state index in [1.54, 1.807) is 13.0 Å². The maximum absolute atomic E-state index is 13.1. The molecule has 0 heterocycles. The van der Waals surface area contributed by atoms with Gasteiger partial charge in [0, 0.05) is 18.7 Å². The van der Waals surface area contributed by atoms with Crippen LogP contribution in [0.1, 0.15) is 42.6 Å². The van der Waals surface area contributed by atoms with Crippen LogP contribution < -0.4 is 5.32 Å². The van der Waals surface area contributed by atoms with Crippen molar-refractivity contribution in [1.29, 1.82) is 0 Å². The van der Waals surface area contributed by atoms with E-state index in [4.69, 9.17) is 5.11 Å². The highest BCUT2D eigenvalue weighted by Gasteiger charge is 2.18. The number of carbonyl (C=O) groups excluding carboxylic acids is 1. The first-order chi connectivity index (χ1) is 8.85. The molecule has 1 aromatic carbocycles. The van der Waals surface area contributed by atoms with Crippen LogP contribution in [0.2, 0.25) is 0 Å². The molecule has 0 aromatic heterocycles. The van der Waals surface area contributed by atoms with Gasteiger partial charge in [0.1, 0.15) is 5.82 Å². The van der Waals surface area contributed by atoms with E-state index in [1.165, 1.54) is 12.1 Å². The van der Waals surface area contributed by atoms with Crippen LogP contribution in [0.4, 0.5) is 4.39 Å². The summed E-state index contributed by atoms with van der Waals surface area (Å²) in [7, 11) is 0. The SMILES string of the molecule is Cc1cc(C(=O)NCC(C)(C)CCCO)ccc1F. The van der Waals surface area contributed by atoms with Crippen molar-refractivity contribution in [2.75, 3.05) is 13.2 Å². The molecule has 0 unspecified atom stereocenters. The number of benzene rings is 1. The summed E-state index contributed by atoms with van der Waals surface area (Å²) < 4.78 is 13.1. The lowest BCUT2D eigenvalue weighted by Crippen LogP contribution is -2.34. The van der Waals surface area contributed by atoms with Crippen LogP contribution in [0.5, 0.6) is 0 Å². The number of nitrogens with one attached hydrogen (secondary N) is 1. The zero-order valence-electron chi connectivity index (χ0n) is 11.8. The highest BCUT2D eigenvalue weighted by atomic mass is 19.1. The molecule has 19 heavy (non-hydrogen) atoms. The van der Waals surface area contributed by atoms with Crippen molar-refractivity contribution in [1.82, 2.24) is 5.32 Å². The lowest BCUT2D eigenvalue weighted by Gasteiger charge is -2.24. The van der Waals surface area contributed by atoms with Crippen LogP contribution in [0.15, 0.2) is 18.2 Å². The largest absolute Gasteiger partial charge is 0.396 e. The van der Waals surface area contributed by atoms with Gasteiger partial charge in [0.2, 0.25) is 0 Å². The number of rotatable bonds is 6. The van der Waals surface area contributed by atoms with Gasteiger partial charge in [0.15, 0.2) is 0 Å². The summed E-state index contributed by atoms with van der Waals surface area (Å²) >= 11 is 0. The third kappa shape index (κ3) is 4.99. The van der Waals surface area contributed by atoms with Crippen LogP contribution in [0.3, 0.4) is 0 Å². The van der Waals surface area contributed by atoms with Crippen molar-refractivity contribution in [2.45, 2.75) is 33.6 Å². The summed E-state index contributed by atoms with van der Waals surface area (Å²) in [4.78, 5) is 11.9. The second kappa shape index (κ2) is 6.66. The molecule has 0 spiro atoms. The molecule has 1 amide bonds. The Bertz CT molecular complexity index is 444. The minimum atomic E-state index is -0.306. The number of carbonyl (C=O) groups is 1. The first-order valence-corrected chi connectivity index (χ1v) is 6.51. The fourth-order valence-electron chi connectivity index (χ4n) is 1.85. The Morgan fingerprint density at radius 3 is 2.68 bits per heavy atom. The zero-order chi connectivity index (χ0) is 14.5. The minimum Gasteiger partial charge on any atom is -0.396 e. The van der Waals surface area contributed by atoms with Crippen LogP contribution in [0.25, 0.3) is 0 Å². The molecule has 2 N–H and O–H groups in total. The lowest BCUT2D eigenvalue weighted by molar-refractivity contribution is 0.0933. The van der Waals surface area contributed by atoms with Crippen molar-refractivity contribution in [3.63, 3.8) is 0 Å². The molecule has 1 rings (SSSR count). The summed E-state index contributed by atoms with van der Waals surface area (Å²) in [5.74, 6) is -0.500. The van der Waals surface area contributed by atoms with Crippen LogP contribution in [0, 0.1) is 18.2 Å². The van der Waals surface area contributed by atoms with E-state index in [0.717, 1.165) is 12.8 Å². The molecule has 0 aliphatic rings. The second-order valence-electron chi connectivity index (χ2n) is 5.64. The zero-order valence-corrected chi connectivity index (χ0v) is 11.8. The lowest BCUT2D eigenvalue weighted by atomic mass is 9.88. The summed E-state index contributed by atoms with van der Waals surface area (Å²) in [6.45, 7) is 6.41. The summed E-state index contributed by atoms with van der Waals surface area (Å²) in [6.07, 6.45) is 1.56. The maximum atomic E-state index is 13.1. The summed E-state index contributed by atoms with van der Waals surface area (Å²) in [5, 5.41) is 11.7. The maximum Gasteiger partial charge on any atom is 0.251 e. The highest BCUT2D eigenvalue weighted by Crippen LogP contribution is 2.21. The number of hydrogen-bond donors (Lipinski definition) is 2. The average Bonchev–Trinajstić information content (AvgIpc) is 2.37. The van der Waals surface area contributed by atoms with E-state index in [1.807, 2.05) is 13.8 Å². The van der Waals surface area contributed by atoms with Crippen molar-refractivity contribution < 1.29 is 14.3 Å². The predicted octanol–water partition coefficient (Wildman–Crippen LogP) is 2.66. The molecule has 0 aliphatic carbocycles. The van der Waals surface area contributed by atoms with Crippen LogP contribution in [-0.2, 0) is 0 Å². The van der Waals surface area contributed by atoms with Gasteiger partial charge in [-0.05, 0) is 48.9 Å². The van der Waals surface area contributed by atoms with Crippen molar-refractivity contribution in [2.24, 2.45) is 5.41 Å². The normalized spacial score (nSPS) is 11.4. The van der Waals surface area contributed by atoms with Crippen molar-refractivity contribution in [3.8, 4) is 0 Å². The van der Waals surface area contributed by atoms with E-state index in [2.05, 4.69) is 5.32 Å².